The second-order valence-corrected chi connectivity index (χ2v) is 3.56. The quantitative estimate of drug-likeness (QED) is 0.819. The van der Waals surface area contributed by atoms with Crippen molar-refractivity contribution >= 4 is 12.3 Å². The van der Waals surface area contributed by atoms with Gasteiger partial charge in [0, 0.05) is 11.1 Å². The molecule has 5 heteroatoms. The third kappa shape index (κ3) is 2.57. The number of benzene rings is 1. The van der Waals surface area contributed by atoms with Crippen LogP contribution in [-0.4, -0.2) is 17.4 Å². The molecule has 2 rings (SSSR count). The SMILES string of the molecule is O=Cc1cccc(OCc2ccoc2C(=O)O)c1. The first-order valence-corrected chi connectivity index (χ1v) is 5.18. The Balaban J connectivity index is 2.09. The minimum Gasteiger partial charge on any atom is -0.489 e. The number of carbonyl (C=O) groups excluding carboxylic acids is 1. The van der Waals surface area contributed by atoms with Gasteiger partial charge in [0.15, 0.2) is 0 Å². The van der Waals surface area contributed by atoms with Gasteiger partial charge in [-0.1, -0.05) is 12.1 Å². The van der Waals surface area contributed by atoms with Crippen molar-refractivity contribution in [2.75, 3.05) is 0 Å². The van der Waals surface area contributed by atoms with Gasteiger partial charge in [-0.25, -0.2) is 4.79 Å². The van der Waals surface area contributed by atoms with Crippen LogP contribution < -0.4 is 4.74 Å². The van der Waals surface area contributed by atoms with Crippen molar-refractivity contribution in [3.63, 3.8) is 0 Å². The van der Waals surface area contributed by atoms with Crippen molar-refractivity contribution < 1.29 is 23.8 Å². The highest BCUT2D eigenvalue weighted by Gasteiger charge is 2.14. The molecule has 0 fully saturated rings. The monoisotopic (exact) mass is 246 g/mol. The molecular weight excluding hydrogens is 236 g/mol. The number of carboxylic acids is 1. The van der Waals surface area contributed by atoms with Crippen LogP contribution in [0.4, 0.5) is 0 Å². The van der Waals surface area contributed by atoms with Crippen LogP contribution in [0.3, 0.4) is 0 Å². The van der Waals surface area contributed by atoms with E-state index in [1.807, 2.05) is 0 Å². The number of carbonyl (C=O) groups is 2. The van der Waals surface area contributed by atoms with Gasteiger partial charge in [-0.2, -0.15) is 0 Å². The third-order valence-electron chi connectivity index (χ3n) is 2.33. The molecule has 0 spiro atoms. The minimum absolute atomic E-state index is 0.0699. The Morgan fingerprint density at radius 2 is 2.22 bits per heavy atom. The summed E-state index contributed by atoms with van der Waals surface area (Å²) in [6.07, 6.45) is 2.01. The van der Waals surface area contributed by atoms with Crippen LogP contribution in [0.5, 0.6) is 5.75 Å². The number of aldehydes is 1. The molecular formula is C13H10O5. The first-order chi connectivity index (χ1) is 8.70. The van der Waals surface area contributed by atoms with Crippen molar-refractivity contribution in [1.82, 2.24) is 0 Å². The Morgan fingerprint density at radius 3 is 2.94 bits per heavy atom. The summed E-state index contributed by atoms with van der Waals surface area (Å²) >= 11 is 0. The van der Waals surface area contributed by atoms with Crippen LogP contribution in [-0.2, 0) is 6.61 Å². The van der Waals surface area contributed by atoms with E-state index in [0.29, 0.717) is 23.2 Å². The summed E-state index contributed by atoms with van der Waals surface area (Å²) < 4.78 is 10.2. The molecule has 1 N–H and O–H groups in total. The van der Waals surface area contributed by atoms with Crippen LogP contribution in [0.2, 0.25) is 0 Å². The van der Waals surface area contributed by atoms with Crippen molar-refractivity contribution in [3.05, 3.63) is 53.5 Å². The number of ether oxygens (including phenoxy) is 1. The number of aromatic carboxylic acids is 1. The lowest BCUT2D eigenvalue weighted by Gasteiger charge is -2.05. The van der Waals surface area contributed by atoms with Gasteiger partial charge in [0.25, 0.3) is 0 Å². The van der Waals surface area contributed by atoms with Crippen LogP contribution in [0.15, 0.2) is 41.0 Å². The molecule has 1 aromatic carbocycles. The van der Waals surface area contributed by atoms with E-state index < -0.39 is 5.97 Å². The van der Waals surface area contributed by atoms with Crippen molar-refractivity contribution in [2.24, 2.45) is 0 Å². The van der Waals surface area contributed by atoms with Gasteiger partial charge >= 0.3 is 5.97 Å². The molecule has 0 amide bonds. The van der Waals surface area contributed by atoms with E-state index in [-0.39, 0.29) is 12.4 Å². The largest absolute Gasteiger partial charge is 0.489 e. The molecule has 0 aliphatic rings. The first-order valence-electron chi connectivity index (χ1n) is 5.18. The van der Waals surface area contributed by atoms with Gasteiger partial charge in [-0.3, -0.25) is 4.79 Å². The van der Waals surface area contributed by atoms with Crippen LogP contribution in [0.1, 0.15) is 26.5 Å². The van der Waals surface area contributed by atoms with Gasteiger partial charge in [0.1, 0.15) is 18.6 Å². The molecule has 92 valence electrons. The standard InChI is InChI=1S/C13H10O5/c14-7-9-2-1-3-11(6-9)18-8-10-4-5-17-12(10)13(15)16/h1-7H,8H2,(H,15,16). The molecule has 2 aromatic rings. The van der Waals surface area contributed by atoms with Gasteiger partial charge in [0.2, 0.25) is 5.76 Å². The summed E-state index contributed by atoms with van der Waals surface area (Å²) in [6.45, 7) is 0.0699. The van der Waals surface area contributed by atoms with Gasteiger partial charge < -0.3 is 14.3 Å². The zero-order valence-electron chi connectivity index (χ0n) is 9.33. The number of hydrogen-bond donors (Lipinski definition) is 1. The summed E-state index contributed by atoms with van der Waals surface area (Å²) in [5, 5.41) is 8.84. The Hall–Kier alpha value is -2.56. The van der Waals surface area contributed by atoms with Crippen LogP contribution in [0.25, 0.3) is 0 Å². The zero-order chi connectivity index (χ0) is 13.0. The number of hydrogen-bond acceptors (Lipinski definition) is 4. The maximum atomic E-state index is 10.8. The predicted molar refractivity (Wildman–Crippen MR) is 61.8 cm³/mol. The van der Waals surface area contributed by atoms with E-state index in [4.69, 9.17) is 14.3 Å². The molecule has 1 heterocycles. The minimum atomic E-state index is -1.14. The topological polar surface area (TPSA) is 76.7 Å². The van der Waals surface area contributed by atoms with Gasteiger partial charge in [-0.05, 0) is 18.2 Å². The fourth-order valence-electron chi connectivity index (χ4n) is 1.48. The Labute approximate surface area is 103 Å². The van der Waals surface area contributed by atoms with E-state index in [9.17, 15) is 9.59 Å². The molecule has 0 saturated heterocycles. The Morgan fingerprint density at radius 1 is 1.39 bits per heavy atom. The number of carboxylic acid groups (broad SMARTS) is 1. The normalized spacial score (nSPS) is 10.0. The highest BCUT2D eigenvalue weighted by atomic mass is 16.5. The predicted octanol–water partition coefficient (Wildman–Crippen LogP) is 2.37. The molecule has 0 aliphatic carbocycles. The summed E-state index contributed by atoms with van der Waals surface area (Å²) in [4.78, 5) is 21.4. The van der Waals surface area contributed by atoms with E-state index in [1.165, 1.54) is 12.3 Å². The number of furan rings is 1. The Bertz CT molecular complexity index is 570. The molecule has 0 saturated carbocycles. The summed E-state index contributed by atoms with van der Waals surface area (Å²) in [6, 6.07) is 8.14. The summed E-state index contributed by atoms with van der Waals surface area (Å²) in [5.74, 6) is -0.779. The van der Waals surface area contributed by atoms with Crippen LogP contribution >= 0.6 is 0 Å². The molecule has 0 bridgehead atoms. The molecule has 1 aromatic heterocycles. The maximum Gasteiger partial charge on any atom is 0.372 e. The average Bonchev–Trinajstić information content (AvgIpc) is 2.85. The van der Waals surface area contributed by atoms with E-state index in [0.717, 1.165) is 0 Å². The molecule has 5 nitrogen and oxygen atoms in total. The zero-order valence-corrected chi connectivity index (χ0v) is 9.33. The van der Waals surface area contributed by atoms with Crippen LogP contribution in [0, 0.1) is 0 Å². The molecule has 18 heavy (non-hydrogen) atoms. The van der Waals surface area contributed by atoms with Gasteiger partial charge in [0.05, 0.1) is 6.26 Å². The summed E-state index contributed by atoms with van der Waals surface area (Å²) in [5.41, 5.74) is 0.942. The molecule has 0 aliphatic heterocycles. The Kier molecular flexibility index (Phi) is 3.43. The third-order valence-corrected chi connectivity index (χ3v) is 2.33. The van der Waals surface area contributed by atoms with Crippen molar-refractivity contribution in [2.45, 2.75) is 6.61 Å². The molecule has 0 radical (unpaired) electrons. The van der Waals surface area contributed by atoms with E-state index >= 15 is 0 Å². The first kappa shape index (κ1) is 11.9. The highest BCUT2D eigenvalue weighted by Crippen LogP contribution is 2.17. The maximum absolute atomic E-state index is 10.8. The second-order valence-electron chi connectivity index (χ2n) is 3.56. The summed E-state index contributed by atoms with van der Waals surface area (Å²) in [7, 11) is 0. The lowest BCUT2D eigenvalue weighted by Crippen LogP contribution is -2.02. The second kappa shape index (κ2) is 5.18. The number of rotatable bonds is 5. The van der Waals surface area contributed by atoms with Gasteiger partial charge in [-0.15, -0.1) is 0 Å². The lowest BCUT2D eigenvalue weighted by molar-refractivity contribution is 0.0658. The van der Waals surface area contributed by atoms with Crippen molar-refractivity contribution in [3.8, 4) is 5.75 Å². The lowest BCUT2D eigenvalue weighted by atomic mass is 10.2. The molecule has 0 atom stereocenters. The average molecular weight is 246 g/mol. The highest BCUT2D eigenvalue weighted by molar-refractivity contribution is 5.86. The van der Waals surface area contributed by atoms with E-state index in [2.05, 4.69) is 0 Å². The molecule has 0 unspecified atom stereocenters. The fraction of sp³-hybridized carbons (Fsp3) is 0.0769. The fourth-order valence-corrected chi connectivity index (χ4v) is 1.48. The smallest absolute Gasteiger partial charge is 0.372 e. The van der Waals surface area contributed by atoms with E-state index in [1.54, 1.807) is 24.3 Å². The van der Waals surface area contributed by atoms with Crippen molar-refractivity contribution in [1.29, 1.82) is 0 Å².